The summed E-state index contributed by atoms with van der Waals surface area (Å²) >= 11 is 0. The minimum atomic E-state index is -3.75. The Morgan fingerprint density at radius 3 is 2.20 bits per heavy atom. The molecule has 0 saturated carbocycles. The number of benzene rings is 2. The number of hydrogen-bond donors (Lipinski definition) is 1. The van der Waals surface area contributed by atoms with E-state index in [4.69, 9.17) is 0 Å². The zero-order valence-corrected chi connectivity index (χ0v) is 22.8. The first-order valence-electron chi connectivity index (χ1n) is 12.1. The summed E-state index contributed by atoms with van der Waals surface area (Å²) in [5.41, 5.74) is 4.31. The van der Waals surface area contributed by atoms with Gasteiger partial charge in [0.05, 0.1) is 11.9 Å². The zero-order chi connectivity index (χ0) is 26.3. The second kappa shape index (κ2) is 12.2. The van der Waals surface area contributed by atoms with Crippen molar-refractivity contribution in [3.63, 3.8) is 0 Å². The molecule has 2 aromatic rings. The van der Waals surface area contributed by atoms with Gasteiger partial charge in [-0.25, -0.2) is 8.42 Å². The summed E-state index contributed by atoms with van der Waals surface area (Å²) in [5.74, 6) is -0.666. The summed E-state index contributed by atoms with van der Waals surface area (Å²) in [4.78, 5) is 28.4. The molecule has 0 aromatic heterocycles. The van der Waals surface area contributed by atoms with Crippen molar-refractivity contribution in [1.29, 1.82) is 0 Å². The third-order valence-corrected chi connectivity index (χ3v) is 7.42. The van der Waals surface area contributed by atoms with Crippen molar-refractivity contribution in [1.82, 2.24) is 10.2 Å². The van der Waals surface area contributed by atoms with Crippen molar-refractivity contribution < 1.29 is 18.0 Å². The summed E-state index contributed by atoms with van der Waals surface area (Å²) < 4.78 is 26.6. The maximum atomic E-state index is 13.7. The maximum Gasteiger partial charge on any atom is 0.244 e. The summed E-state index contributed by atoms with van der Waals surface area (Å²) in [5, 5.41) is 2.98. The average Bonchev–Trinajstić information content (AvgIpc) is 2.78. The molecule has 2 unspecified atom stereocenters. The largest absolute Gasteiger partial charge is 0.352 e. The quantitative estimate of drug-likeness (QED) is 0.502. The molecule has 2 atom stereocenters. The topological polar surface area (TPSA) is 86.8 Å². The van der Waals surface area contributed by atoms with Crippen LogP contribution in [0.15, 0.2) is 42.5 Å². The number of carbonyl (C=O) groups excluding carboxylic acids is 2. The fraction of sp³-hybridized carbons (Fsp3) is 0.481. The Balaban J connectivity index is 2.46. The van der Waals surface area contributed by atoms with Gasteiger partial charge in [-0.15, -0.1) is 0 Å². The number of hydrogen-bond acceptors (Lipinski definition) is 4. The van der Waals surface area contributed by atoms with Crippen LogP contribution < -0.4 is 9.62 Å². The molecular formula is C27H39N3O4S. The van der Waals surface area contributed by atoms with Crippen LogP contribution in [0.5, 0.6) is 0 Å². The molecule has 0 aliphatic heterocycles. The van der Waals surface area contributed by atoms with Gasteiger partial charge in [-0.3, -0.25) is 13.9 Å². The highest BCUT2D eigenvalue weighted by Gasteiger charge is 2.32. The number of aryl methyl sites for hydroxylation is 3. The lowest BCUT2D eigenvalue weighted by atomic mass is 10.1. The predicted molar refractivity (Wildman–Crippen MR) is 142 cm³/mol. The molecule has 0 aliphatic carbocycles. The number of sulfonamides is 1. The Hall–Kier alpha value is -2.87. The van der Waals surface area contributed by atoms with Crippen LogP contribution in [0.25, 0.3) is 0 Å². The van der Waals surface area contributed by atoms with Crippen LogP contribution in [0.3, 0.4) is 0 Å². The van der Waals surface area contributed by atoms with Crippen molar-refractivity contribution in [2.45, 2.75) is 73.0 Å². The summed E-state index contributed by atoms with van der Waals surface area (Å²) in [7, 11) is -3.75. The lowest BCUT2D eigenvalue weighted by Crippen LogP contribution is -2.53. The van der Waals surface area contributed by atoms with E-state index in [1.54, 1.807) is 12.1 Å². The molecule has 35 heavy (non-hydrogen) atoms. The summed E-state index contributed by atoms with van der Waals surface area (Å²) in [6.45, 7) is 11.4. The Bertz CT molecular complexity index is 1150. The molecule has 1 N–H and O–H groups in total. The highest BCUT2D eigenvalue weighted by Crippen LogP contribution is 2.22. The molecule has 0 spiro atoms. The van der Waals surface area contributed by atoms with Gasteiger partial charge in [0.1, 0.15) is 12.6 Å². The molecule has 0 radical (unpaired) electrons. The van der Waals surface area contributed by atoms with E-state index in [1.165, 1.54) is 4.90 Å². The van der Waals surface area contributed by atoms with E-state index in [0.717, 1.165) is 39.2 Å². The molecule has 192 valence electrons. The van der Waals surface area contributed by atoms with Gasteiger partial charge in [-0.2, -0.15) is 0 Å². The van der Waals surface area contributed by atoms with E-state index >= 15 is 0 Å². The SMILES string of the molecule is CCC(C)NC(=O)C(CC)N(Cc1cccc(C)c1)C(=O)CN(c1ccc(C)c(C)c1)S(C)(=O)=O. The Kier molecular flexibility index (Phi) is 9.89. The van der Waals surface area contributed by atoms with Crippen molar-refractivity contribution in [3.05, 3.63) is 64.7 Å². The molecule has 0 bridgehead atoms. The number of anilines is 1. The number of amides is 2. The van der Waals surface area contributed by atoms with Crippen molar-refractivity contribution in [2.24, 2.45) is 0 Å². The van der Waals surface area contributed by atoms with Gasteiger partial charge in [0, 0.05) is 12.6 Å². The highest BCUT2D eigenvalue weighted by atomic mass is 32.2. The third-order valence-electron chi connectivity index (χ3n) is 6.28. The summed E-state index contributed by atoms with van der Waals surface area (Å²) in [6.07, 6.45) is 2.26. The van der Waals surface area contributed by atoms with Gasteiger partial charge < -0.3 is 10.2 Å². The Morgan fingerprint density at radius 1 is 0.971 bits per heavy atom. The smallest absolute Gasteiger partial charge is 0.244 e. The summed E-state index contributed by atoms with van der Waals surface area (Å²) in [6, 6.07) is 12.3. The first kappa shape index (κ1) is 28.4. The van der Waals surface area contributed by atoms with E-state index in [2.05, 4.69) is 5.32 Å². The molecular weight excluding hydrogens is 462 g/mol. The Morgan fingerprint density at radius 2 is 1.66 bits per heavy atom. The lowest BCUT2D eigenvalue weighted by Gasteiger charge is -2.33. The molecule has 2 aromatic carbocycles. The monoisotopic (exact) mass is 501 g/mol. The first-order valence-corrected chi connectivity index (χ1v) is 13.9. The van der Waals surface area contributed by atoms with Crippen LogP contribution in [0.4, 0.5) is 5.69 Å². The predicted octanol–water partition coefficient (Wildman–Crippen LogP) is 4.10. The number of nitrogens with zero attached hydrogens (tertiary/aromatic N) is 2. The molecule has 0 saturated heterocycles. The van der Waals surface area contributed by atoms with Crippen LogP contribution in [0.1, 0.15) is 55.9 Å². The van der Waals surface area contributed by atoms with Crippen LogP contribution in [-0.2, 0) is 26.2 Å². The Labute approximate surface area is 210 Å². The van der Waals surface area contributed by atoms with Gasteiger partial charge in [0.15, 0.2) is 0 Å². The first-order chi connectivity index (χ1) is 16.4. The van der Waals surface area contributed by atoms with Gasteiger partial charge in [-0.1, -0.05) is 49.7 Å². The van der Waals surface area contributed by atoms with Crippen LogP contribution in [0.2, 0.25) is 0 Å². The number of carbonyl (C=O) groups is 2. The van der Waals surface area contributed by atoms with Crippen molar-refractivity contribution >= 4 is 27.5 Å². The van der Waals surface area contributed by atoms with Crippen molar-refractivity contribution in [3.8, 4) is 0 Å². The van der Waals surface area contributed by atoms with E-state index in [0.29, 0.717) is 12.1 Å². The standard InChI is InChI=1S/C27H39N3O4S/c1-8-22(6)28-27(32)25(9-2)29(17-23-12-10-11-19(3)15-23)26(31)18-30(35(7,33)34)24-14-13-20(4)21(5)16-24/h10-16,22,25H,8-9,17-18H2,1-7H3,(H,28,32). The fourth-order valence-corrected chi connectivity index (χ4v) is 4.70. The number of nitrogens with one attached hydrogen (secondary N) is 1. The highest BCUT2D eigenvalue weighted by molar-refractivity contribution is 7.92. The molecule has 7 nitrogen and oxygen atoms in total. The van der Waals surface area contributed by atoms with Crippen LogP contribution in [-0.4, -0.2) is 50.0 Å². The minimum Gasteiger partial charge on any atom is -0.352 e. The molecule has 0 heterocycles. The van der Waals surface area contributed by atoms with E-state index in [-0.39, 0.29) is 25.0 Å². The van der Waals surface area contributed by atoms with E-state index < -0.39 is 22.0 Å². The molecule has 8 heteroatoms. The van der Waals surface area contributed by atoms with Crippen LogP contribution in [0, 0.1) is 20.8 Å². The lowest BCUT2D eigenvalue weighted by molar-refractivity contribution is -0.140. The van der Waals surface area contributed by atoms with Crippen molar-refractivity contribution in [2.75, 3.05) is 17.1 Å². The van der Waals surface area contributed by atoms with Gasteiger partial charge in [0.2, 0.25) is 21.8 Å². The molecule has 0 fully saturated rings. The molecule has 2 amide bonds. The van der Waals surface area contributed by atoms with Gasteiger partial charge in [0.25, 0.3) is 0 Å². The normalized spacial score (nSPS) is 13.1. The zero-order valence-electron chi connectivity index (χ0n) is 22.0. The third kappa shape index (κ3) is 7.82. The van der Waals surface area contributed by atoms with Gasteiger partial charge >= 0.3 is 0 Å². The number of rotatable bonds is 11. The second-order valence-electron chi connectivity index (χ2n) is 9.29. The second-order valence-corrected chi connectivity index (χ2v) is 11.2. The average molecular weight is 502 g/mol. The van der Waals surface area contributed by atoms with Crippen LogP contribution >= 0.6 is 0 Å². The fourth-order valence-electron chi connectivity index (χ4n) is 3.86. The maximum absolute atomic E-state index is 13.7. The van der Waals surface area contributed by atoms with E-state index in [1.807, 2.05) is 71.9 Å². The minimum absolute atomic E-state index is 0.0319. The molecule has 2 rings (SSSR count). The molecule has 0 aliphatic rings. The van der Waals surface area contributed by atoms with Gasteiger partial charge in [-0.05, 0) is 69.4 Å². The van der Waals surface area contributed by atoms with E-state index in [9.17, 15) is 18.0 Å².